The van der Waals surface area contributed by atoms with Gasteiger partial charge in [0.1, 0.15) is 5.76 Å². The van der Waals surface area contributed by atoms with Gasteiger partial charge in [0.15, 0.2) is 5.96 Å². The molecule has 0 fully saturated rings. The molecule has 2 aromatic rings. The fraction of sp³-hybridized carbons (Fsp3) is 0.545. The summed E-state index contributed by atoms with van der Waals surface area (Å²) in [5, 5.41) is 10.7. The molecule has 0 spiro atoms. The molecule has 0 saturated heterocycles. The second-order valence-electron chi connectivity index (χ2n) is 7.24. The van der Waals surface area contributed by atoms with Gasteiger partial charge in [-0.1, -0.05) is 43.3 Å². The maximum atomic E-state index is 5.22. The summed E-state index contributed by atoms with van der Waals surface area (Å²) in [6.07, 6.45) is 2.98. The Labute approximate surface area is 163 Å². The Kier molecular flexibility index (Phi) is 8.37. The fourth-order valence-electron chi connectivity index (χ4n) is 3.05. The standard InChI is InChI=1S/C22H34N4O/c1-6-23-22(25-15-13-21-17(4)26-27-18(21)5)24-14-7-8-19-9-11-20(12-10-19)16(2)3/h9-12,16H,6-8,13-15H2,1-5H3,(H2,23,24,25). The first-order valence-corrected chi connectivity index (χ1v) is 10.0. The van der Waals surface area contributed by atoms with Gasteiger partial charge in [-0.15, -0.1) is 0 Å². The Balaban J connectivity index is 1.77. The smallest absolute Gasteiger partial charge is 0.191 e. The monoisotopic (exact) mass is 370 g/mol. The van der Waals surface area contributed by atoms with Gasteiger partial charge in [-0.05, 0) is 57.1 Å². The van der Waals surface area contributed by atoms with Crippen LogP contribution in [-0.4, -0.2) is 30.8 Å². The van der Waals surface area contributed by atoms with Crippen LogP contribution in [0.3, 0.4) is 0 Å². The second kappa shape index (κ2) is 10.8. The summed E-state index contributed by atoms with van der Waals surface area (Å²) in [6, 6.07) is 8.96. The van der Waals surface area contributed by atoms with Crippen LogP contribution in [0.25, 0.3) is 0 Å². The SMILES string of the molecule is CCNC(=NCCCc1ccc(C(C)C)cc1)NCCc1c(C)noc1C. The zero-order chi connectivity index (χ0) is 19.6. The van der Waals surface area contributed by atoms with Gasteiger partial charge in [0.2, 0.25) is 0 Å². The van der Waals surface area contributed by atoms with E-state index in [2.05, 4.69) is 60.8 Å². The number of rotatable bonds is 9. The highest BCUT2D eigenvalue weighted by Crippen LogP contribution is 2.15. The number of hydrogen-bond acceptors (Lipinski definition) is 3. The molecule has 1 aromatic heterocycles. The van der Waals surface area contributed by atoms with E-state index < -0.39 is 0 Å². The lowest BCUT2D eigenvalue weighted by Gasteiger charge is -2.11. The van der Waals surface area contributed by atoms with Crippen molar-refractivity contribution in [1.82, 2.24) is 15.8 Å². The van der Waals surface area contributed by atoms with Crippen molar-refractivity contribution in [3.05, 3.63) is 52.4 Å². The number of guanidine groups is 1. The molecule has 0 bridgehead atoms. The second-order valence-corrected chi connectivity index (χ2v) is 7.24. The third kappa shape index (κ3) is 6.74. The summed E-state index contributed by atoms with van der Waals surface area (Å²) in [5.74, 6) is 2.36. The average Bonchev–Trinajstić information content (AvgIpc) is 2.97. The van der Waals surface area contributed by atoms with Gasteiger partial charge in [0, 0.05) is 25.2 Å². The molecule has 2 rings (SSSR count). The zero-order valence-corrected chi connectivity index (χ0v) is 17.4. The minimum atomic E-state index is 0.586. The summed E-state index contributed by atoms with van der Waals surface area (Å²) < 4.78 is 5.22. The highest BCUT2D eigenvalue weighted by Gasteiger charge is 2.08. The van der Waals surface area contributed by atoms with Crippen LogP contribution in [0.2, 0.25) is 0 Å². The molecule has 2 N–H and O–H groups in total. The van der Waals surface area contributed by atoms with E-state index in [4.69, 9.17) is 9.52 Å². The van der Waals surface area contributed by atoms with E-state index in [9.17, 15) is 0 Å². The molecule has 1 aromatic carbocycles. The van der Waals surface area contributed by atoms with E-state index in [-0.39, 0.29) is 0 Å². The van der Waals surface area contributed by atoms with E-state index >= 15 is 0 Å². The molecule has 0 aliphatic rings. The van der Waals surface area contributed by atoms with Gasteiger partial charge in [0.05, 0.1) is 5.69 Å². The summed E-state index contributed by atoms with van der Waals surface area (Å²) in [7, 11) is 0. The third-order valence-corrected chi connectivity index (χ3v) is 4.73. The van der Waals surface area contributed by atoms with Crippen molar-refractivity contribution in [3.8, 4) is 0 Å². The van der Waals surface area contributed by atoms with Crippen molar-refractivity contribution in [3.63, 3.8) is 0 Å². The lowest BCUT2D eigenvalue weighted by atomic mass is 10.0. The molecular formula is C22H34N4O. The first-order chi connectivity index (χ1) is 13.0. The van der Waals surface area contributed by atoms with Crippen LogP contribution in [0.4, 0.5) is 0 Å². The zero-order valence-electron chi connectivity index (χ0n) is 17.4. The first-order valence-electron chi connectivity index (χ1n) is 10.0. The lowest BCUT2D eigenvalue weighted by Crippen LogP contribution is -2.38. The molecule has 0 atom stereocenters. The normalized spacial score (nSPS) is 11.9. The lowest BCUT2D eigenvalue weighted by molar-refractivity contribution is 0.392. The molecule has 0 aliphatic heterocycles. The largest absolute Gasteiger partial charge is 0.361 e. The van der Waals surface area contributed by atoms with Crippen LogP contribution >= 0.6 is 0 Å². The van der Waals surface area contributed by atoms with Gasteiger partial charge < -0.3 is 15.2 Å². The molecule has 0 amide bonds. The molecule has 0 radical (unpaired) electrons. The number of aryl methyl sites for hydroxylation is 3. The van der Waals surface area contributed by atoms with Crippen molar-refractivity contribution in [1.29, 1.82) is 0 Å². The molecule has 148 valence electrons. The van der Waals surface area contributed by atoms with Gasteiger partial charge in [-0.25, -0.2) is 0 Å². The van der Waals surface area contributed by atoms with Gasteiger partial charge in [0.25, 0.3) is 0 Å². The molecule has 5 heteroatoms. The first kappa shape index (κ1) is 21.0. The average molecular weight is 371 g/mol. The van der Waals surface area contributed by atoms with E-state index in [1.807, 2.05) is 13.8 Å². The summed E-state index contributed by atoms with van der Waals surface area (Å²) in [5.41, 5.74) is 4.93. The highest BCUT2D eigenvalue weighted by molar-refractivity contribution is 5.79. The third-order valence-electron chi connectivity index (χ3n) is 4.73. The number of nitrogens with one attached hydrogen (secondary N) is 2. The Morgan fingerprint density at radius 1 is 1.11 bits per heavy atom. The fourth-order valence-corrected chi connectivity index (χ4v) is 3.05. The number of aliphatic imine (C=N–C) groups is 1. The van der Waals surface area contributed by atoms with Gasteiger partial charge in [-0.3, -0.25) is 4.99 Å². The number of benzene rings is 1. The van der Waals surface area contributed by atoms with Crippen LogP contribution in [0.5, 0.6) is 0 Å². The summed E-state index contributed by atoms with van der Waals surface area (Å²) in [6.45, 7) is 13.0. The van der Waals surface area contributed by atoms with E-state index in [0.717, 1.165) is 56.3 Å². The van der Waals surface area contributed by atoms with Crippen molar-refractivity contribution in [2.75, 3.05) is 19.6 Å². The Bertz CT molecular complexity index is 697. The van der Waals surface area contributed by atoms with Gasteiger partial charge >= 0.3 is 0 Å². The predicted molar refractivity (Wildman–Crippen MR) is 113 cm³/mol. The minimum Gasteiger partial charge on any atom is -0.361 e. The van der Waals surface area contributed by atoms with Crippen molar-refractivity contribution in [2.45, 2.75) is 59.8 Å². The molecule has 0 unspecified atom stereocenters. The van der Waals surface area contributed by atoms with Gasteiger partial charge in [-0.2, -0.15) is 0 Å². The minimum absolute atomic E-state index is 0.586. The van der Waals surface area contributed by atoms with Crippen molar-refractivity contribution < 1.29 is 4.52 Å². The van der Waals surface area contributed by atoms with Crippen LogP contribution in [-0.2, 0) is 12.8 Å². The molecule has 0 saturated carbocycles. The van der Waals surface area contributed by atoms with Crippen molar-refractivity contribution >= 4 is 5.96 Å². The Morgan fingerprint density at radius 2 is 1.85 bits per heavy atom. The molecule has 0 aliphatic carbocycles. The molecular weight excluding hydrogens is 336 g/mol. The molecule has 27 heavy (non-hydrogen) atoms. The van der Waals surface area contributed by atoms with Crippen molar-refractivity contribution in [2.24, 2.45) is 4.99 Å². The Morgan fingerprint density at radius 3 is 2.44 bits per heavy atom. The summed E-state index contributed by atoms with van der Waals surface area (Å²) in [4.78, 5) is 4.69. The molecule has 1 heterocycles. The molecule has 5 nitrogen and oxygen atoms in total. The maximum Gasteiger partial charge on any atom is 0.191 e. The number of nitrogens with zero attached hydrogens (tertiary/aromatic N) is 2. The topological polar surface area (TPSA) is 62.5 Å². The van der Waals surface area contributed by atoms with Crippen LogP contribution < -0.4 is 10.6 Å². The Hall–Kier alpha value is -2.30. The summed E-state index contributed by atoms with van der Waals surface area (Å²) >= 11 is 0. The van der Waals surface area contributed by atoms with Crippen LogP contribution in [0, 0.1) is 13.8 Å². The highest BCUT2D eigenvalue weighted by atomic mass is 16.5. The maximum absolute atomic E-state index is 5.22. The van der Waals surface area contributed by atoms with E-state index in [0.29, 0.717) is 5.92 Å². The van der Waals surface area contributed by atoms with E-state index in [1.165, 1.54) is 16.7 Å². The predicted octanol–water partition coefficient (Wildman–Crippen LogP) is 4.15. The number of hydrogen-bond donors (Lipinski definition) is 2. The van der Waals surface area contributed by atoms with Crippen LogP contribution in [0.1, 0.15) is 61.3 Å². The quantitative estimate of drug-likeness (QED) is 0.395. The van der Waals surface area contributed by atoms with E-state index in [1.54, 1.807) is 0 Å². The number of aromatic nitrogens is 1. The van der Waals surface area contributed by atoms with Crippen LogP contribution in [0.15, 0.2) is 33.8 Å².